The number of nitrogens with zero attached hydrogens (tertiary/aromatic N) is 4. The molecule has 0 aliphatic carbocycles. The summed E-state index contributed by atoms with van der Waals surface area (Å²) in [7, 11) is 0. The molecule has 1 aliphatic heterocycles. The van der Waals surface area contributed by atoms with Crippen molar-refractivity contribution < 1.29 is 20.1 Å². The summed E-state index contributed by atoms with van der Waals surface area (Å²) in [5.74, 6) is 0.966. The Balaban J connectivity index is 1.49. The topological polar surface area (TPSA) is 152 Å². The van der Waals surface area contributed by atoms with Crippen molar-refractivity contribution >= 4 is 17.0 Å². The monoisotopic (exact) mass is 476 g/mol. The van der Waals surface area contributed by atoms with E-state index in [0.717, 1.165) is 11.1 Å². The van der Waals surface area contributed by atoms with Crippen LogP contribution in [-0.4, -0.2) is 66.3 Å². The first kappa shape index (κ1) is 23.3. The Hall–Kier alpha value is -3.41. The van der Waals surface area contributed by atoms with Gasteiger partial charge in [-0.05, 0) is 11.1 Å². The van der Waals surface area contributed by atoms with E-state index in [1.54, 1.807) is 0 Å². The summed E-state index contributed by atoms with van der Waals surface area (Å²) in [6, 6.07) is 20.4. The third kappa shape index (κ3) is 4.49. The van der Waals surface area contributed by atoms with Crippen molar-refractivity contribution in [1.29, 1.82) is 0 Å². The number of benzene rings is 2. The van der Waals surface area contributed by atoms with Crippen LogP contribution in [0.5, 0.6) is 0 Å². The predicted molar refractivity (Wildman–Crippen MR) is 129 cm³/mol. The lowest BCUT2D eigenvalue weighted by molar-refractivity contribution is -0.0511. The van der Waals surface area contributed by atoms with E-state index < -0.39 is 31.1 Å². The first-order chi connectivity index (χ1) is 17.1. The third-order valence-corrected chi connectivity index (χ3v) is 6.32. The molecule has 1 aliphatic rings. The lowest BCUT2D eigenvalue weighted by Gasteiger charge is -2.20. The summed E-state index contributed by atoms with van der Waals surface area (Å²) in [6.07, 6.45) is -2.86. The van der Waals surface area contributed by atoms with Crippen LogP contribution in [-0.2, 0) is 11.3 Å². The maximum Gasteiger partial charge on any atom is 0.168 e. The molecule has 0 spiro atoms. The summed E-state index contributed by atoms with van der Waals surface area (Å²) < 4.78 is 7.21. The molecule has 182 valence electrons. The number of hydrogen-bond acceptors (Lipinski definition) is 9. The Morgan fingerprint density at radius 3 is 2.20 bits per heavy atom. The highest BCUT2D eigenvalue weighted by atomic mass is 16.6. The number of aliphatic hydroxyl groups is 3. The minimum atomic E-state index is -1.25. The summed E-state index contributed by atoms with van der Waals surface area (Å²) in [5.41, 5.74) is 9.09. The number of hydrogen-bond donors (Lipinski definition) is 5. The van der Waals surface area contributed by atoms with E-state index in [0.29, 0.717) is 29.4 Å². The highest BCUT2D eigenvalue weighted by Gasteiger charge is 2.44. The van der Waals surface area contributed by atoms with E-state index in [2.05, 4.69) is 44.5 Å². The number of nitrogens with one attached hydrogen (secondary N) is 1. The molecular formula is C25H28N6O4. The fourth-order valence-electron chi connectivity index (χ4n) is 4.47. The van der Waals surface area contributed by atoms with Gasteiger partial charge in [-0.25, -0.2) is 15.0 Å². The molecule has 10 heteroatoms. The van der Waals surface area contributed by atoms with Gasteiger partial charge in [-0.2, -0.15) is 0 Å². The molecule has 0 saturated carbocycles. The Labute approximate surface area is 202 Å². The second-order valence-corrected chi connectivity index (χ2v) is 8.50. The number of rotatable bonds is 8. The van der Waals surface area contributed by atoms with E-state index >= 15 is 0 Å². The first-order valence-corrected chi connectivity index (χ1v) is 11.5. The Morgan fingerprint density at radius 2 is 1.63 bits per heavy atom. The van der Waals surface area contributed by atoms with Crippen LogP contribution in [0.1, 0.15) is 29.1 Å². The van der Waals surface area contributed by atoms with Gasteiger partial charge in [0.2, 0.25) is 0 Å². The van der Waals surface area contributed by atoms with Gasteiger partial charge in [-0.1, -0.05) is 60.7 Å². The maximum absolute atomic E-state index is 10.5. The summed E-state index contributed by atoms with van der Waals surface area (Å²) in [6.45, 7) is 0.231. The Morgan fingerprint density at radius 1 is 0.971 bits per heavy atom. The van der Waals surface area contributed by atoms with Crippen LogP contribution in [0, 0.1) is 0 Å². The van der Waals surface area contributed by atoms with E-state index in [-0.39, 0.29) is 12.5 Å². The van der Waals surface area contributed by atoms with Crippen LogP contribution in [0.2, 0.25) is 0 Å². The van der Waals surface area contributed by atoms with Crippen LogP contribution in [0.15, 0.2) is 67.0 Å². The first-order valence-electron chi connectivity index (χ1n) is 11.5. The van der Waals surface area contributed by atoms with Crippen molar-refractivity contribution in [1.82, 2.24) is 19.5 Å². The molecule has 4 aromatic rings. The van der Waals surface area contributed by atoms with Gasteiger partial charge in [0, 0.05) is 12.5 Å². The molecule has 10 nitrogen and oxygen atoms in total. The van der Waals surface area contributed by atoms with Crippen molar-refractivity contribution in [2.24, 2.45) is 5.73 Å². The standard InChI is InChI=1S/C25H28N6O4/c26-11-19-29-23(27-12-17(15-7-3-1-4-8-15)16-9-5-2-6-10-16)20-24(30-19)31(14-28-20)25-22(34)21(33)18(13-32)35-25/h1-10,14,17-18,21-22,25,32-34H,11-13,26H2,(H,27,29,30)/t18-,21-,22-,25-/m1/s1. The van der Waals surface area contributed by atoms with Crippen molar-refractivity contribution in [3.05, 3.63) is 83.9 Å². The molecular weight excluding hydrogens is 448 g/mol. The summed E-state index contributed by atoms with van der Waals surface area (Å²) in [5, 5.41) is 33.6. The quantitative estimate of drug-likeness (QED) is 0.252. The molecule has 1 saturated heterocycles. The second-order valence-electron chi connectivity index (χ2n) is 8.50. The average molecular weight is 477 g/mol. The maximum atomic E-state index is 10.5. The molecule has 1 fully saturated rings. The van der Waals surface area contributed by atoms with Crippen LogP contribution in [0.4, 0.5) is 5.82 Å². The van der Waals surface area contributed by atoms with Gasteiger partial charge < -0.3 is 31.1 Å². The summed E-state index contributed by atoms with van der Waals surface area (Å²) in [4.78, 5) is 13.5. The molecule has 35 heavy (non-hydrogen) atoms. The second kappa shape index (κ2) is 10.1. The van der Waals surface area contributed by atoms with Crippen molar-refractivity contribution in [3.8, 4) is 0 Å². The van der Waals surface area contributed by atoms with Gasteiger partial charge in [0.1, 0.15) is 24.1 Å². The molecule has 0 unspecified atom stereocenters. The van der Waals surface area contributed by atoms with Gasteiger partial charge in [0.15, 0.2) is 23.2 Å². The molecule has 2 aromatic carbocycles. The van der Waals surface area contributed by atoms with Crippen LogP contribution < -0.4 is 11.1 Å². The number of nitrogens with two attached hydrogens (primary N) is 1. The van der Waals surface area contributed by atoms with Gasteiger partial charge in [-0.15, -0.1) is 0 Å². The van der Waals surface area contributed by atoms with Crippen LogP contribution in [0.25, 0.3) is 11.2 Å². The lowest BCUT2D eigenvalue weighted by atomic mass is 9.91. The minimum absolute atomic E-state index is 0.0614. The average Bonchev–Trinajstić information content (AvgIpc) is 3.45. The molecule has 0 amide bonds. The van der Waals surface area contributed by atoms with Crippen LogP contribution >= 0.6 is 0 Å². The third-order valence-electron chi connectivity index (χ3n) is 6.32. The van der Waals surface area contributed by atoms with Gasteiger partial charge in [-0.3, -0.25) is 4.57 Å². The zero-order valence-corrected chi connectivity index (χ0v) is 19.0. The number of aromatic nitrogens is 4. The minimum Gasteiger partial charge on any atom is -0.394 e. The van der Waals surface area contributed by atoms with E-state index in [9.17, 15) is 15.3 Å². The molecule has 6 N–H and O–H groups in total. The smallest absolute Gasteiger partial charge is 0.168 e. The molecule has 4 atom stereocenters. The summed E-state index contributed by atoms with van der Waals surface area (Å²) >= 11 is 0. The van der Waals surface area contributed by atoms with E-state index in [1.165, 1.54) is 10.9 Å². The van der Waals surface area contributed by atoms with Crippen molar-refractivity contribution in [3.63, 3.8) is 0 Å². The number of fused-ring (bicyclic) bond motifs is 1. The fraction of sp³-hybridized carbons (Fsp3) is 0.320. The number of anilines is 1. The van der Waals surface area contributed by atoms with Crippen molar-refractivity contribution in [2.75, 3.05) is 18.5 Å². The number of ether oxygens (including phenoxy) is 1. The zero-order valence-electron chi connectivity index (χ0n) is 19.0. The molecule has 2 aromatic heterocycles. The highest BCUT2D eigenvalue weighted by molar-refractivity contribution is 5.83. The molecule has 0 bridgehead atoms. The van der Waals surface area contributed by atoms with Crippen LogP contribution in [0.3, 0.4) is 0 Å². The zero-order chi connectivity index (χ0) is 24.4. The SMILES string of the molecule is NCc1nc(NCC(c2ccccc2)c2ccccc2)c2ncn([C@@H]3O[C@H](CO)[C@@H](O)[C@H]3O)c2n1. The highest BCUT2D eigenvalue weighted by Crippen LogP contribution is 2.33. The fourth-order valence-corrected chi connectivity index (χ4v) is 4.47. The Bertz CT molecular complexity index is 1230. The Kier molecular flexibility index (Phi) is 6.71. The lowest BCUT2D eigenvalue weighted by Crippen LogP contribution is -2.33. The molecule has 0 radical (unpaired) electrons. The molecule has 5 rings (SSSR count). The largest absolute Gasteiger partial charge is 0.394 e. The van der Waals surface area contributed by atoms with Gasteiger partial charge in [0.05, 0.1) is 19.5 Å². The number of imidazole rings is 1. The van der Waals surface area contributed by atoms with Crippen molar-refractivity contribution in [2.45, 2.75) is 37.0 Å². The van der Waals surface area contributed by atoms with E-state index in [4.69, 9.17) is 10.5 Å². The van der Waals surface area contributed by atoms with Gasteiger partial charge in [0.25, 0.3) is 0 Å². The van der Waals surface area contributed by atoms with Gasteiger partial charge >= 0.3 is 0 Å². The predicted octanol–water partition coefficient (Wildman–Crippen LogP) is 1.14. The molecule has 3 heterocycles. The number of aliphatic hydroxyl groups excluding tert-OH is 3. The normalized spacial score (nSPS) is 22.2. The van der Waals surface area contributed by atoms with E-state index in [1.807, 2.05) is 36.4 Å².